The molecule has 0 unspecified atom stereocenters. The molecule has 3 rings (SSSR count). The van der Waals surface area contributed by atoms with Crippen molar-refractivity contribution in [3.05, 3.63) is 53.1 Å². The second-order valence-corrected chi connectivity index (χ2v) is 9.24. The molecule has 156 valence electrons. The fraction of sp³-hybridized carbons (Fsp3) is 0.364. The topological polar surface area (TPSA) is 113 Å². The van der Waals surface area contributed by atoms with Crippen molar-refractivity contribution in [3.63, 3.8) is 0 Å². The van der Waals surface area contributed by atoms with Crippen molar-refractivity contribution in [2.75, 3.05) is 5.32 Å². The van der Waals surface area contributed by atoms with Crippen LogP contribution in [0.4, 0.5) is 11.6 Å². The average molecular weight is 406 g/mol. The van der Waals surface area contributed by atoms with Crippen LogP contribution in [0.2, 0.25) is 0 Å². The number of aliphatic imine (C=N–C) groups is 1. The highest BCUT2D eigenvalue weighted by atomic mass is 16.2. The smallest absolute Gasteiger partial charge is 0.258 e. The molecule has 1 aromatic heterocycles. The van der Waals surface area contributed by atoms with Gasteiger partial charge in [-0.1, -0.05) is 52.7 Å². The molecule has 8 heteroatoms. The van der Waals surface area contributed by atoms with Gasteiger partial charge in [-0.15, -0.1) is 0 Å². The number of nitrogens with one attached hydrogen (secondary N) is 2. The summed E-state index contributed by atoms with van der Waals surface area (Å²) in [6.07, 6.45) is 3.68. The summed E-state index contributed by atoms with van der Waals surface area (Å²) in [5.74, 6) is -0.132. The summed E-state index contributed by atoms with van der Waals surface area (Å²) in [5, 5.41) is 15.6. The van der Waals surface area contributed by atoms with Crippen molar-refractivity contribution >= 4 is 29.0 Å². The van der Waals surface area contributed by atoms with E-state index in [1.54, 1.807) is 18.2 Å². The van der Waals surface area contributed by atoms with Gasteiger partial charge in [-0.05, 0) is 51.6 Å². The van der Waals surface area contributed by atoms with Crippen LogP contribution >= 0.6 is 0 Å². The number of benzene rings is 1. The van der Waals surface area contributed by atoms with E-state index in [1.165, 1.54) is 0 Å². The third-order valence-corrected chi connectivity index (χ3v) is 4.63. The first-order valence-corrected chi connectivity index (χ1v) is 9.68. The van der Waals surface area contributed by atoms with Crippen molar-refractivity contribution in [1.29, 1.82) is 0 Å². The molecule has 1 aromatic carbocycles. The van der Waals surface area contributed by atoms with Gasteiger partial charge in [-0.3, -0.25) is 14.9 Å². The first-order chi connectivity index (χ1) is 13.9. The van der Waals surface area contributed by atoms with Crippen LogP contribution in [0.5, 0.6) is 0 Å². The first kappa shape index (κ1) is 21.3. The highest BCUT2D eigenvalue weighted by molar-refractivity contribution is 6.23. The summed E-state index contributed by atoms with van der Waals surface area (Å²) in [4.78, 5) is 30.2. The third kappa shape index (κ3) is 4.76. The molecule has 1 aliphatic rings. The van der Waals surface area contributed by atoms with E-state index in [9.17, 15) is 9.59 Å². The van der Waals surface area contributed by atoms with Crippen LogP contribution in [0.25, 0.3) is 0 Å². The van der Waals surface area contributed by atoms with Crippen LogP contribution in [0.15, 0.2) is 52.6 Å². The lowest BCUT2D eigenvalue weighted by molar-refractivity contribution is -0.114. The lowest BCUT2D eigenvalue weighted by Crippen LogP contribution is -2.29. The summed E-state index contributed by atoms with van der Waals surface area (Å²) in [6, 6.07) is 6.92. The Balaban J connectivity index is 1.98. The van der Waals surface area contributed by atoms with Crippen LogP contribution in [0, 0.1) is 10.8 Å². The molecule has 1 aliphatic carbocycles. The molecule has 2 aromatic rings. The average Bonchev–Trinajstić information content (AvgIpc) is 3.14. The zero-order valence-electron chi connectivity index (χ0n) is 18.1. The minimum Gasteiger partial charge on any atom is -0.289 e. The maximum absolute atomic E-state index is 13.0. The van der Waals surface area contributed by atoms with E-state index in [1.807, 2.05) is 59.8 Å². The van der Waals surface area contributed by atoms with E-state index in [4.69, 9.17) is 4.99 Å². The Labute approximate surface area is 175 Å². The van der Waals surface area contributed by atoms with Crippen molar-refractivity contribution in [2.45, 2.75) is 41.5 Å². The summed E-state index contributed by atoms with van der Waals surface area (Å²) >= 11 is 0. The molecular formula is C22H26N6O2. The molecule has 30 heavy (non-hydrogen) atoms. The van der Waals surface area contributed by atoms with Gasteiger partial charge in [-0.2, -0.15) is 0 Å². The predicted octanol–water partition coefficient (Wildman–Crippen LogP) is 4.05. The van der Waals surface area contributed by atoms with Gasteiger partial charge in [0, 0.05) is 16.7 Å². The molecule has 0 atom stereocenters. The van der Waals surface area contributed by atoms with E-state index < -0.39 is 0 Å². The van der Waals surface area contributed by atoms with E-state index in [0.717, 1.165) is 11.1 Å². The van der Waals surface area contributed by atoms with Gasteiger partial charge in [0.2, 0.25) is 5.95 Å². The number of hydrogen-bond acceptors (Lipinski definition) is 6. The van der Waals surface area contributed by atoms with Crippen molar-refractivity contribution < 1.29 is 9.59 Å². The number of aromatic amines is 1. The lowest BCUT2D eigenvalue weighted by Gasteiger charge is -2.31. The molecule has 0 bridgehead atoms. The van der Waals surface area contributed by atoms with Gasteiger partial charge in [-0.25, -0.2) is 10.1 Å². The zero-order valence-corrected chi connectivity index (χ0v) is 18.1. The largest absolute Gasteiger partial charge is 0.289 e. The number of tetrazole rings is 1. The number of hydrogen-bond donors (Lipinski definition) is 2. The molecule has 8 nitrogen and oxygen atoms in total. The SMILES string of the molecule is CC(C)(C)C1=CC(=Nc2cccc(C(=O)Nc3nnn[nH]3)c2)C=C(C(C)(C)C)C1=O. The summed E-state index contributed by atoms with van der Waals surface area (Å²) in [6.45, 7) is 12.1. The van der Waals surface area contributed by atoms with E-state index in [2.05, 4.69) is 25.9 Å². The van der Waals surface area contributed by atoms with Gasteiger partial charge < -0.3 is 0 Å². The number of rotatable bonds is 3. The van der Waals surface area contributed by atoms with Crippen LogP contribution in [-0.2, 0) is 4.79 Å². The van der Waals surface area contributed by atoms with Crippen molar-refractivity contribution in [2.24, 2.45) is 15.8 Å². The van der Waals surface area contributed by atoms with Gasteiger partial charge in [0.05, 0.1) is 11.4 Å². The molecule has 2 N–H and O–H groups in total. The molecule has 1 amide bonds. The van der Waals surface area contributed by atoms with Crippen LogP contribution in [0.3, 0.4) is 0 Å². The Morgan fingerprint density at radius 1 is 1.03 bits per heavy atom. The summed E-state index contributed by atoms with van der Waals surface area (Å²) < 4.78 is 0. The molecule has 0 aliphatic heterocycles. The standard InChI is InChI=1S/C22H26N6O2/c1-21(2,3)16-11-15(12-17(18(16)29)22(4,5)6)23-14-9-7-8-13(10-14)19(30)24-20-25-27-28-26-20/h7-12H,1-6H3,(H2,24,25,26,27,28,30). The van der Waals surface area contributed by atoms with Crippen molar-refractivity contribution in [1.82, 2.24) is 20.6 Å². The molecule has 0 saturated carbocycles. The summed E-state index contributed by atoms with van der Waals surface area (Å²) in [7, 11) is 0. The van der Waals surface area contributed by atoms with Gasteiger partial charge in [0.15, 0.2) is 5.78 Å². The maximum Gasteiger partial charge on any atom is 0.258 e. The number of amides is 1. The third-order valence-electron chi connectivity index (χ3n) is 4.63. The Morgan fingerprint density at radius 3 is 2.20 bits per heavy atom. The molecule has 0 spiro atoms. The quantitative estimate of drug-likeness (QED) is 0.747. The zero-order chi connectivity index (χ0) is 22.1. The number of nitrogens with zero attached hydrogens (tertiary/aromatic N) is 4. The van der Waals surface area contributed by atoms with Gasteiger partial charge in [0.1, 0.15) is 0 Å². The maximum atomic E-state index is 13.0. The number of ketones is 1. The number of aromatic nitrogens is 4. The number of Topliss-reactive ketones (excluding diaryl/α,β-unsaturated/α-hetero) is 1. The van der Waals surface area contributed by atoms with E-state index >= 15 is 0 Å². The Morgan fingerprint density at radius 2 is 1.67 bits per heavy atom. The van der Waals surface area contributed by atoms with Crippen LogP contribution in [0.1, 0.15) is 51.9 Å². The minimum absolute atomic E-state index is 0.0581. The fourth-order valence-corrected chi connectivity index (χ4v) is 3.05. The highest BCUT2D eigenvalue weighted by Gasteiger charge is 2.34. The second-order valence-electron chi connectivity index (χ2n) is 9.24. The Kier molecular flexibility index (Phi) is 5.52. The van der Waals surface area contributed by atoms with Gasteiger partial charge >= 0.3 is 0 Å². The second kappa shape index (κ2) is 7.78. The van der Waals surface area contributed by atoms with Gasteiger partial charge in [0.25, 0.3) is 5.91 Å². The molecule has 0 radical (unpaired) electrons. The number of carbonyl (C=O) groups excluding carboxylic acids is 2. The fourth-order valence-electron chi connectivity index (χ4n) is 3.05. The minimum atomic E-state index is -0.355. The van der Waals surface area contributed by atoms with E-state index in [0.29, 0.717) is 17.0 Å². The number of allylic oxidation sites excluding steroid dienone is 4. The molecular weight excluding hydrogens is 380 g/mol. The van der Waals surface area contributed by atoms with Crippen LogP contribution < -0.4 is 5.32 Å². The molecule has 0 fully saturated rings. The highest BCUT2D eigenvalue weighted by Crippen LogP contribution is 2.37. The first-order valence-electron chi connectivity index (χ1n) is 9.68. The Bertz CT molecular complexity index is 1030. The molecule has 0 saturated heterocycles. The Hall–Kier alpha value is -3.42. The number of anilines is 1. The van der Waals surface area contributed by atoms with Crippen molar-refractivity contribution in [3.8, 4) is 0 Å². The predicted molar refractivity (Wildman–Crippen MR) is 116 cm³/mol. The number of carbonyl (C=O) groups is 2. The van der Waals surface area contributed by atoms with Crippen LogP contribution in [-0.4, -0.2) is 38.0 Å². The normalized spacial score (nSPS) is 14.9. The molecule has 1 heterocycles. The number of H-pyrrole nitrogens is 1. The lowest BCUT2D eigenvalue weighted by atomic mass is 9.72. The summed E-state index contributed by atoms with van der Waals surface area (Å²) in [5.41, 5.74) is 2.53. The van der Waals surface area contributed by atoms with E-state index in [-0.39, 0.29) is 28.5 Å². The monoisotopic (exact) mass is 406 g/mol.